The summed E-state index contributed by atoms with van der Waals surface area (Å²) in [5, 5.41) is 8.20. The van der Waals surface area contributed by atoms with E-state index in [2.05, 4.69) is 0 Å². The molecule has 0 atom stereocenters. The van der Waals surface area contributed by atoms with Gasteiger partial charge in [-0.2, -0.15) is 0 Å². The average Bonchev–Trinajstić information content (AvgIpc) is 1.89. The molecule has 0 rings (SSSR count). The van der Waals surface area contributed by atoms with E-state index in [9.17, 15) is 0 Å². The summed E-state index contributed by atoms with van der Waals surface area (Å²) in [6.07, 6.45) is 8.30. The molecule has 0 aromatic heterocycles. The van der Waals surface area contributed by atoms with Crippen LogP contribution in [-0.4, -0.2) is 5.11 Å². The van der Waals surface area contributed by atoms with Gasteiger partial charge in [0.2, 0.25) is 0 Å². The Balaban J connectivity index is 3.71. The maximum atomic E-state index is 8.20. The van der Waals surface area contributed by atoms with Crippen molar-refractivity contribution >= 4 is 0 Å². The first-order valence-electron chi connectivity index (χ1n) is 2.91. The molecule has 1 N–H and O–H groups in total. The van der Waals surface area contributed by atoms with E-state index in [1.807, 2.05) is 26.0 Å². The van der Waals surface area contributed by atoms with E-state index in [1.54, 1.807) is 12.2 Å². The van der Waals surface area contributed by atoms with Crippen LogP contribution >= 0.6 is 0 Å². The molecule has 0 aliphatic rings. The van der Waals surface area contributed by atoms with Gasteiger partial charge in [-0.15, -0.1) is 0 Å². The highest BCUT2D eigenvalue weighted by atomic mass is 16.2. The van der Waals surface area contributed by atoms with Crippen LogP contribution in [0.4, 0.5) is 0 Å². The van der Waals surface area contributed by atoms with Gasteiger partial charge in [-0.05, 0) is 19.9 Å². The van der Waals surface area contributed by atoms with Gasteiger partial charge < -0.3 is 5.11 Å². The van der Waals surface area contributed by atoms with Gasteiger partial charge in [-0.3, -0.25) is 0 Å². The number of hydrogen-bond acceptors (Lipinski definition) is 1. The molecule has 0 aliphatic heterocycles. The minimum atomic E-state index is 1.01. The van der Waals surface area contributed by atoms with E-state index in [0.29, 0.717) is 0 Å². The monoisotopic (exact) mass is 124 g/mol. The van der Waals surface area contributed by atoms with Crippen molar-refractivity contribution in [3.05, 3.63) is 36.1 Å². The van der Waals surface area contributed by atoms with Crippen molar-refractivity contribution in [2.75, 3.05) is 0 Å². The van der Waals surface area contributed by atoms with Crippen LogP contribution in [0.2, 0.25) is 0 Å². The van der Waals surface area contributed by atoms with Crippen LogP contribution < -0.4 is 0 Å². The van der Waals surface area contributed by atoms with Crippen LogP contribution in [0.1, 0.15) is 13.8 Å². The lowest BCUT2D eigenvalue weighted by Gasteiger charge is -1.82. The molecule has 0 spiro atoms. The molecule has 0 bridgehead atoms. The Morgan fingerprint density at radius 3 is 2.44 bits per heavy atom. The van der Waals surface area contributed by atoms with Crippen molar-refractivity contribution in [1.29, 1.82) is 0 Å². The van der Waals surface area contributed by atoms with E-state index in [-0.39, 0.29) is 0 Å². The molecule has 9 heavy (non-hydrogen) atoms. The smallest absolute Gasteiger partial charge is 0.0791 e. The fourth-order valence-corrected chi connectivity index (χ4v) is 0.353. The number of hydrogen-bond donors (Lipinski definition) is 1. The maximum absolute atomic E-state index is 8.20. The molecule has 0 fully saturated rings. The lowest BCUT2D eigenvalue weighted by molar-refractivity contribution is 0.474. The van der Waals surface area contributed by atoms with Gasteiger partial charge in [0.25, 0.3) is 0 Å². The summed E-state index contributed by atoms with van der Waals surface area (Å²) in [6.45, 7) is 3.98. The predicted molar refractivity (Wildman–Crippen MR) is 40.3 cm³/mol. The molecular formula is C8H12O. The van der Waals surface area contributed by atoms with Crippen LogP contribution in [0.3, 0.4) is 0 Å². The third-order valence-electron chi connectivity index (χ3n) is 1.01. The average molecular weight is 124 g/mol. The first kappa shape index (κ1) is 8.02. The summed E-state index contributed by atoms with van der Waals surface area (Å²) < 4.78 is 0. The van der Waals surface area contributed by atoms with E-state index in [1.165, 1.54) is 5.57 Å². The molecule has 0 unspecified atom stereocenters. The Morgan fingerprint density at radius 1 is 1.33 bits per heavy atom. The van der Waals surface area contributed by atoms with Gasteiger partial charge in [0.15, 0.2) is 0 Å². The standard InChI is InChI=1S/C8H12O/c1-3-8(2)6-4-5-7-9/h3-7,9H,1-2H3/b6-4-,7-5+,8-3-. The molecule has 1 heteroatoms. The fourth-order valence-electron chi connectivity index (χ4n) is 0.353. The van der Waals surface area contributed by atoms with Crippen molar-refractivity contribution in [3.8, 4) is 0 Å². The van der Waals surface area contributed by atoms with Gasteiger partial charge in [0.05, 0.1) is 6.26 Å². The molecule has 0 amide bonds. The molecule has 50 valence electrons. The maximum Gasteiger partial charge on any atom is 0.0791 e. The molecule has 0 saturated carbocycles. The van der Waals surface area contributed by atoms with E-state index >= 15 is 0 Å². The molecule has 0 aromatic rings. The van der Waals surface area contributed by atoms with Gasteiger partial charge in [-0.25, -0.2) is 0 Å². The van der Waals surface area contributed by atoms with E-state index in [0.717, 1.165) is 6.26 Å². The first-order chi connectivity index (χ1) is 4.31. The zero-order valence-corrected chi connectivity index (χ0v) is 5.83. The van der Waals surface area contributed by atoms with E-state index in [4.69, 9.17) is 5.11 Å². The number of aliphatic hydroxyl groups is 1. The highest BCUT2D eigenvalue weighted by Gasteiger charge is 1.71. The van der Waals surface area contributed by atoms with Crippen molar-refractivity contribution < 1.29 is 5.11 Å². The Kier molecular flexibility index (Phi) is 4.60. The topological polar surface area (TPSA) is 20.2 Å². The van der Waals surface area contributed by atoms with Crippen LogP contribution in [0.25, 0.3) is 0 Å². The second-order valence-corrected chi connectivity index (χ2v) is 1.73. The van der Waals surface area contributed by atoms with Gasteiger partial charge >= 0.3 is 0 Å². The molecule has 0 aliphatic carbocycles. The third kappa shape index (κ3) is 4.88. The number of rotatable bonds is 2. The first-order valence-corrected chi connectivity index (χ1v) is 2.91. The van der Waals surface area contributed by atoms with Crippen molar-refractivity contribution in [1.82, 2.24) is 0 Å². The Morgan fingerprint density at radius 2 is 2.00 bits per heavy atom. The van der Waals surface area contributed by atoms with Gasteiger partial charge in [0.1, 0.15) is 0 Å². The molecule has 0 radical (unpaired) electrons. The molecular weight excluding hydrogens is 112 g/mol. The summed E-state index contributed by atoms with van der Waals surface area (Å²) in [6, 6.07) is 0. The molecule has 0 saturated heterocycles. The fraction of sp³-hybridized carbons (Fsp3) is 0.250. The van der Waals surface area contributed by atoms with E-state index < -0.39 is 0 Å². The van der Waals surface area contributed by atoms with Gasteiger partial charge in [0, 0.05) is 0 Å². The number of aliphatic hydroxyl groups excluding tert-OH is 1. The van der Waals surface area contributed by atoms with Crippen molar-refractivity contribution in [2.45, 2.75) is 13.8 Å². The Bertz CT molecular complexity index is 141. The largest absolute Gasteiger partial charge is 0.516 e. The Hall–Kier alpha value is -0.980. The molecule has 1 nitrogen and oxygen atoms in total. The van der Waals surface area contributed by atoms with Crippen molar-refractivity contribution in [3.63, 3.8) is 0 Å². The highest BCUT2D eigenvalue weighted by Crippen LogP contribution is 1.92. The van der Waals surface area contributed by atoms with Crippen LogP contribution in [0.5, 0.6) is 0 Å². The highest BCUT2D eigenvalue weighted by molar-refractivity contribution is 5.18. The normalized spacial score (nSPS) is 13.8. The van der Waals surface area contributed by atoms with Crippen LogP contribution in [-0.2, 0) is 0 Å². The van der Waals surface area contributed by atoms with Gasteiger partial charge in [-0.1, -0.05) is 23.8 Å². The second kappa shape index (κ2) is 5.16. The third-order valence-corrected chi connectivity index (χ3v) is 1.01. The van der Waals surface area contributed by atoms with Crippen LogP contribution in [0, 0.1) is 0 Å². The lowest BCUT2D eigenvalue weighted by atomic mass is 10.3. The minimum absolute atomic E-state index is 1.01. The summed E-state index contributed by atoms with van der Waals surface area (Å²) >= 11 is 0. The summed E-state index contributed by atoms with van der Waals surface area (Å²) in [5.74, 6) is 0. The second-order valence-electron chi connectivity index (χ2n) is 1.73. The number of allylic oxidation sites excluding steroid dienone is 5. The Labute approximate surface area is 56.0 Å². The van der Waals surface area contributed by atoms with Crippen molar-refractivity contribution in [2.24, 2.45) is 0 Å². The zero-order valence-electron chi connectivity index (χ0n) is 5.83. The molecule has 0 heterocycles. The minimum Gasteiger partial charge on any atom is -0.516 e. The zero-order chi connectivity index (χ0) is 7.11. The predicted octanol–water partition coefficient (Wildman–Crippen LogP) is 2.58. The lowest BCUT2D eigenvalue weighted by Crippen LogP contribution is -1.62. The summed E-state index contributed by atoms with van der Waals surface area (Å²) in [5.41, 5.74) is 1.19. The summed E-state index contributed by atoms with van der Waals surface area (Å²) in [7, 11) is 0. The van der Waals surface area contributed by atoms with Crippen LogP contribution in [0.15, 0.2) is 36.1 Å². The quantitative estimate of drug-likeness (QED) is 0.443. The SMILES string of the molecule is C\C=C(C)/C=C\C=C\O. The molecule has 0 aromatic carbocycles. The summed E-state index contributed by atoms with van der Waals surface area (Å²) in [4.78, 5) is 0.